The molecule has 1 aromatic heterocycles. The van der Waals surface area contributed by atoms with E-state index in [1.807, 2.05) is 22.4 Å². The van der Waals surface area contributed by atoms with Gasteiger partial charge in [0, 0.05) is 36.5 Å². The lowest BCUT2D eigenvalue weighted by Crippen LogP contribution is -2.47. The molecule has 0 spiro atoms. The van der Waals surface area contributed by atoms with Crippen LogP contribution in [0, 0.1) is 0 Å². The van der Waals surface area contributed by atoms with E-state index in [9.17, 15) is 9.59 Å². The van der Waals surface area contributed by atoms with Gasteiger partial charge >= 0.3 is 6.09 Å². The van der Waals surface area contributed by atoms with Gasteiger partial charge in [0.2, 0.25) is 0 Å². The van der Waals surface area contributed by atoms with E-state index in [0.29, 0.717) is 31.9 Å². The molecule has 5 rings (SSSR count). The van der Waals surface area contributed by atoms with Gasteiger partial charge in [-0.3, -0.25) is 4.79 Å². The highest BCUT2D eigenvalue weighted by Crippen LogP contribution is 2.32. The summed E-state index contributed by atoms with van der Waals surface area (Å²) in [5.41, 5.74) is 2.72. The number of benzene rings is 1. The maximum absolute atomic E-state index is 12.9. The summed E-state index contributed by atoms with van der Waals surface area (Å²) in [5, 5.41) is 2.69. The van der Waals surface area contributed by atoms with E-state index in [1.165, 1.54) is 16.9 Å². The molecule has 4 heterocycles. The van der Waals surface area contributed by atoms with Gasteiger partial charge in [-0.25, -0.2) is 9.78 Å². The average Bonchev–Trinajstić information content (AvgIpc) is 3.47. The maximum Gasteiger partial charge on any atom is 0.410 e. The first-order valence-corrected chi connectivity index (χ1v) is 10.5. The molecule has 1 aromatic carbocycles. The van der Waals surface area contributed by atoms with Crippen LogP contribution in [-0.4, -0.2) is 65.7 Å². The van der Waals surface area contributed by atoms with Crippen molar-refractivity contribution in [2.24, 2.45) is 0 Å². The molecule has 7 nitrogen and oxygen atoms in total. The lowest BCUT2D eigenvalue weighted by atomic mass is 10.0. The van der Waals surface area contributed by atoms with E-state index in [0.717, 1.165) is 42.2 Å². The molecule has 0 bridgehead atoms. The summed E-state index contributed by atoms with van der Waals surface area (Å²) < 4.78 is 10.6. The topological polar surface area (TPSA) is 72.0 Å². The monoisotopic (exact) mass is 399 g/mol. The van der Waals surface area contributed by atoms with E-state index in [4.69, 9.17) is 9.47 Å². The molecular weight excluding hydrogens is 378 g/mol. The SMILES string of the molecule is O=C(c1csc(-c2ccc3c(c2)CCO3)n1)N1CCC(N2CCOC2=O)CC1. The number of aromatic nitrogens is 1. The van der Waals surface area contributed by atoms with E-state index in [1.54, 1.807) is 4.90 Å². The quantitative estimate of drug-likeness (QED) is 0.794. The Morgan fingerprint density at radius 2 is 2.00 bits per heavy atom. The van der Waals surface area contributed by atoms with Gasteiger partial charge in [-0.05, 0) is 36.6 Å². The second-order valence-corrected chi connectivity index (χ2v) is 8.15. The zero-order valence-electron chi connectivity index (χ0n) is 15.4. The number of rotatable bonds is 3. The van der Waals surface area contributed by atoms with Crippen LogP contribution in [0.5, 0.6) is 5.75 Å². The van der Waals surface area contributed by atoms with Crippen LogP contribution in [0.3, 0.4) is 0 Å². The molecule has 28 heavy (non-hydrogen) atoms. The van der Waals surface area contributed by atoms with Crippen LogP contribution in [0.2, 0.25) is 0 Å². The predicted molar refractivity (Wildman–Crippen MR) is 104 cm³/mol. The Morgan fingerprint density at radius 3 is 2.79 bits per heavy atom. The fraction of sp³-hybridized carbons (Fsp3) is 0.450. The van der Waals surface area contributed by atoms with Crippen molar-refractivity contribution in [1.82, 2.24) is 14.8 Å². The number of likely N-dealkylation sites (tertiary alicyclic amines) is 1. The van der Waals surface area contributed by atoms with Gasteiger partial charge in [0.1, 0.15) is 23.1 Å². The van der Waals surface area contributed by atoms with Gasteiger partial charge in [-0.15, -0.1) is 11.3 Å². The zero-order chi connectivity index (χ0) is 19.1. The number of hydrogen-bond acceptors (Lipinski definition) is 6. The van der Waals surface area contributed by atoms with Crippen molar-refractivity contribution in [1.29, 1.82) is 0 Å². The van der Waals surface area contributed by atoms with Gasteiger partial charge in [-0.2, -0.15) is 0 Å². The van der Waals surface area contributed by atoms with Crippen LogP contribution in [0.1, 0.15) is 28.9 Å². The predicted octanol–water partition coefficient (Wildman–Crippen LogP) is 2.80. The summed E-state index contributed by atoms with van der Waals surface area (Å²) in [6, 6.07) is 6.25. The van der Waals surface area contributed by atoms with Crippen LogP contribution in [0.15, 0.2) is 23.6 Å². The molecule has 0 unspecified atom stereocenters. The Kier molecular flexibility index (Phi) is 4.43. The van der Waals surface area contributed by atoms with Crippen molar-refractivity contribution < 1.29 is 19.1 Å². The largest absolute Gasteiger partial charge is 0.493 e. The first-order valence-electron chi connectivity index (χ1n) is 9.63. The van der Waals surface area contributed by atoms with Gasteiger partial charge in [0.05, 0.1) is 13.2 Å². The van der Waals surface area contributed by atoms with E-state index >= 15 is 0 Å². The van der Waals surface area contributed by atoms with E-state index < -0.39 is 0 Å². The van der Waals surface area contributed by atoms with Crippen molar-refractivity contribution in [2.45, 2.75) is 25.3 Å². The molecule has 0 N–H and O–H groups in total. The molecule has 2 aromatic rings. The fourth-order valence-corrected chi connectivity index (χ4v) is 4.89. The Hall–Kier alpha value is -2.61. The average molecular weight is 399 g/mol. The Labute approximate surface area is 166 Å². The Morgan fingerprint density at radius 1 is 1.14 bits per heavy atom. The summed E-state index contributed by atoms with van der Waals surface area (Å²) >= 11 is 1.49. The highest BCUT2D eigenvalue weighted by Gasteiger charge is 2.33. The number of nitrogens with zero attached hydrogens (tertiary/aromatic N) is 3. The smallest absolute Gasteiger partial charge is 0.410 e. The molecule has 0 aliphatic carbocycles. The minimum absolute atomic E-state index is 0.0329. The second-order valence-electron chi connectivity index (χ2n) is 7.29. The summed E-state index contributed by atoms with van der Waals surface area (Å²) in [7, 11) is 0. The number of carbonyl (C=O) groups is 2. The highest BCUT2D eigenvalue weighted by molar-refractivity contribution is 7.13. The first kappa shape index (κ1) is 17.5. The lowest BCUT2D eigenvalue weighted by molar-refractivity contribution is 0.0653. The molecule has 3 aliphatic rings. The third-order valence-electron chi connectivity index (χ3n) is 5.64. The molecule has 8 heteroatoms. The minimum Gasteiger partial charge on any atom is -0.493 e. The van der Waals surface area contributed by atoms with Crippen molar-refractivity contribution in [3.8, 4) is 16.3 Å². The van der Waals surface area contributed by atoms with Crippen LogP contribution in [0.25, 0.3) is 10.6 Å². The molecule has 0 atom stereocenters. The Balaban J connectivity index is 1.25. The van der Waals surface area contributed by atoms with Crippen LogP contribution in [-0.2, 0) is 11.2 Å². The van der Waals surface area contributed by atoms with E-state index in [-0.39, 0.29) is 18.0 Å². The number of fused-ring (bicyclic) bond motifs is 1. The summed E-state index contributed by atoms with van der Waals surface area (Å²) in [5.74, 6) is 0.913. The van der Waals surface area contributed by atoms with Crippen molar-refractivity contribution in [2.75, 3.05) is 32.8 Å². The number of hydrogen-bond donors (Lipinski definition) is 0. The number of ether oxygens (including phenoxy) is 2. The molecule has 2 amide bonds. The van der Waals surface area contributed by atoms with Gasteiger partial charge in [0.25, 0.3) is 5.91 Å². The van der Waals surface area contributed by atoms with Crippen molar-refractivity contribution in [3.05, 3.63) is 34.8 Å². The standard InChI is InChI=1S/C20H21N3O4S/c24-19(22-6-3-15(4-7-22)23-8-10-27-20(23)25)16-12-28-18(21-16)14-1-2-17-13(11-14)5-9-26-17/h1-2,11-12,15H,3-10H2. The number of amides is 2. The van der Waals surface area contributed by atoms with Gasteiger partial charge in [0.15, 0.2) is 0 Å². The van der Waals surface area contributed by atoms with Crippen molar-refractivity contribution >= 4 is 23.3 Å². The third kappa shape index (κ3) is 3.11. The molecule has 2 saturated heterocycles. The first-order chi connectivity index (χ1) is 13.7. The number of carbonyl (C=O) groups excluding carboxylic acids is 2. The molecule has 2 fully saturated rings. The van der Waals surface area contributed by atoms with Gasteiger partial charge < -0.3 is 19.3 Å². The molecule has 3 aliphatic heterocycles. The third-order valence-corrected chi connectivity index (χ3v) is 6.54. The number of piperidine rings is 1. The molecule has 146 valence electrons. The normalized spacial score (nSPS) is 19.5. The fourth-order valence-electron chi connectivity index (χ4n) is 4.10. The summed E-state index contributed by atoms with van der Waals surface area (Å²) in [4.78, 5) is 32.8. The van der Waals surface area contributed by atoms with Crippen molar-refractivity contribution in [3.63, 3.8) is 0 Å². The minimum atomic E-state index is -0.228. The molecular formula is C20H21N3O4S. The molecule has 0 saturated carbocycles. The molecule has 0 radical (unpaired) electrons. The summed E-state index contributed by atoms with van der Waals surface area (Å²) in [6.45, 7) is 3.12. The lowest BCUT2D eigenvalue weighted by Gasteiger charge is -2.35. The van der Waals surface area contributed by atoms with Crippen LogP contribution < -0.4 is 4.74 Å². The Bertz CT molecular complexity index is 920. The number of cyclic esters (lactones) is 1. The zero-order valence-corrected chi connectivity index (χ0v) is 16.2. The van der Waals surface area contributed by atoms with Crippen LogP contribution >= 0.6 is 11.3 Å². The highest BCUT2D eigenvalue weighted by atomic mass is 32.1. The second kappa shape index (κ2) is 7.09. The summed E-state index contributed by atoms with van der Waals surface area (Å²) in [6.07, 6.45) is 2.25. The van der Waals surface area contributed by atoms with Crippen LogP contribution in [0.4, 0.5) is 4.79 Å². The van der Waals surface area contributed by atoms with E-state index in [2.05, 4.69) is 11.1 Å². The number of thiazole rings is 1. The van der Waals surface area contributed by atoms with Gasteiger partial charge in [-0.1, -0.05) is 0 Å². The maximum atomic E-state index is 12.9.